The van der Waals surface area contributed by atoms with Gasteiger partial charge in [-0.15, -0.1) is 0 Å². The molecule has 2 N–H and O–H groups in total. The van der Waals surface area contributed by atoms with Crippen molar-refractivity contribution in [1.82, 2.24) is 5.32 Å². The van der Waals surface area contributed by atoms with Crippen LogP contribution in [-0.4, -0.2) is 24.9 Å². The second-order valence-corrected chi connectivity index (χ2v) is 6.25. The summed E-state index contributed by atoms with van der Waals surface area (Å²) < 4.78 is 0. The van der Waals surface area contributed by atoms with Crippen molar-refractivity contribution < 1.29 is 9.59 Å². The van der Waals surface area contributed by atoms with Crippen molar-refractivity contribution in [3.05, 3.63) is 35.5 Å². The normalized spacial score (nSPS) is 17.4. The molecule has 2 rings (SSSR count). The molecule has 0 aliphatic carbocycles. The van der Waals surface area contributed by atoms with E-state index in [4.69, 9.17) is 0 Å². The van der Waals surface area contributed by atoms with Crippen molar-refractivity contribution in [2.45, 2.75) is 52.5 Å². The van der Waals surface area contributed by atoms with Gasteiger partial charge in [0.15, 0.2) is 0 Å². The monoisotopic (exact) mass is 329 g/mol. The van der Waals surface area contributed by atoms with Crippen LogP contribution in [0.4, 0.5) is 11.4 Å². The van der Waals surface area contributed by atoms with Gasteiger partial charge in [-0.05, 0) is 55.9 Å². The van der Waals surface area contributed by atoms with E-state index in [9.17, 15) is 9.59 Å². The van der Waals surface area contributed by atoms with E-state index in [0.29, 0.717) is 6.41 Å². The molecule has 1 fully saturated rings. The van der Waals surface area contributed by atoms with E-state index in [1.807, 2.05) is 6.07 Å². The number of anilines is 2. The molecule has 0 aromatic heterocycles. The van der Waals surface area contributed by atoms with E-state index in [1.54, 1.807) is 0 Å². The first kappa shape index (κ1) is 18.0. The van der Waals surface area contributed by atoms with Crippen molar-refractivity contribution in [2.75, 3.05) is 16.8 Å². The van der Waals surface area contributed by atoms with Crippen molar-refractivity contribution >= 4 is 23.7 Å². The van der Waals surface area contributed by atoms with Crippen LogP contribution >= 0.6 is 0 Å². The molecule has 1 aliphatic heterocycles. The number of rotatable bonds is 7. The van der Waals surface area contributed by atoms with Gasteiger partial charge in [-0.2, -0.15) is 0 Å². The Balaban J connectivity index is 2.46. The van der Waals surface area contributed by atoms with E-state index >= 15 is 0 Å². The highest BCUT2D eigenvalue weighted by Gasteiger charge is 2.31. The first-order valence-electron chi connectivity index (χ1n) is 8.60. The topological polar surface area (TPSA) is 61.4 Å². The molecule has 5 nitrogen and oxygen atoms in total. The van der Waals surface area contributed by atoms with E-state index in [2.05, 4.69) is 49.0 Å². The Kier molecular flexibility index (Phi) is 6.01. The lowest BCUT2D eigenvalue weighted by Gasteiger charge is -2.37. The van der Waals surface area contributed by atoms with Crippen LogP contribution in [0.2, 0.25) is 0 Å². The van der Waals surface area contributed by atoms with Gasteiger partial charge in [-0.25, -0.2) is 0 Å². The van der Waals surface area contributed by atoms with Crippen molar-refractivity contribution in [3.8, 4) is 0 Å². The molecule has 1 atom stereocenters. The minimum absolute atomic E-state index is 0.0195. The minimum atomic E-state index is -0.241. The summed E-state index contributed by atoms with van der Waals surface area (Å²) in [6.45, 7) is 10.9. The van der Waals surface area contributed by atoms with Crippen LogP contribution in [0, 0.1) is 6.92 Å². The zero-order valence-electron chi connectivity index (χ0n) is 14.8. The van der Waals surface area contributed by atoms with E-state index < -0.39 is 0 Å². The minimum Gasteiger partial charge on any atom is -0.358 e. The van der Waals surface area contributed by atoms with Gasteiger partial charge in [0.1, 0.15) is 6.04 Å². The van der Waals surface area contributed by atoms with Crippen LogP contribution in [0.5, 0.6) is 0 Å². The summed E-state index contributed by atoms with van der Waals surface area (Å²) in [7, 11) is 0. The molecule has 24 heavy (non-hydrogen) atoms. The number of benzene rings is 1. The summed E-state index contributed by atoms with van der Waals surface area (Å²) >= 11 is 0. The van der Waals surface area contributed by atoms with Crippen LogP contribution in [0.15, 0.2) is 24.4 Å². The van der Waals surface area contributed by atoms with Gasteiger partial charge in [0, 0.05) is 12.2 Å². The Hall–Kier alpha value is -2.30. The smallest absolute Gasteiger partial charge is 0.246 e. The Labute approximate surface area is 144 Å². The number of nitrogens with zero attached hydrogens (tertiary/aromatic N) is 1. The highest BCUT2D eigenvalue weighted by Crippen LogP contribution is 2.33. The molecule has 1 aromatic carbocycles. The van der Waals surface area contributed by atoms with Crippen molar-refractivity contribution in [1.29, 1.82) is 0 Å². The van der Waals surface area contributed by atoms with E-state index in [-0.39, 0.29) is 11.9 Å². The second kappa shape index (κ2) is 7.99. The van der Waals surface area contributed by atoms with E-state index in [1.165, 1.54) is 11.1 Å². The maximum atomic E-state index is 12.5. The zero-order valence-corrected chi connectivity index (χ0v) is 14.8. The van der Waals surface area contributed by atoms with Gasteiger partial charge in [0.2, 0.25) is 12.3 Å². The number of carbonyl (C=O) groups is 2. The Morgan fingerprint density at radius 2 is 2.17 bits per heavy atom. The lowest BCUT2D eigenvalue weighted by atomic mass is 9.99. The van der Waals surface area contributed by atoms with Crippen LogP contribution in [0.25, 0.3) is 0 Å². The standard InChI is InChI=1S/C19H27N3O2/c1-5-9-22(17-8-7-14(4)21-19(17)24)18-10-13(3)15(6-2)11-16(18)20-12-23/h10-12,17H,4-9H2,1-3H3,(H,20,23)(H,21,24). The zero-order chi connectivity index (χ0) is 17.7. The van der Waals surface area contributed by atoms with Crippen LogP contribution < -0.4 is 15.5 Å². The fourth-order valence-electron chi connectivity index (χ4n) is 3.28. The predicted octanol–water partition coefficient (Wildman–Crippen LogP) is 3.13. The number of hydrogen-bond donors (Lipinski definition) is 2. The summed E-state index contributed by atoms with van der Waals surface area (Å²) in [5.74, 6) is -0.0195. The molecule has 1 saturated heterocycles. The van der Waals surface area contributed by atoms with Gasteiger partial charge >= 0.3 is 0 Å². The highest BCUT2D eigenvalue weighted by atomic mass is 16.2. The number of nitrogens with one attached hydrogen (secondary N) is 2. The lowest BCUT2D eigenvalue weighted by molar-refractivity contribution is -0.122. The number of piperidine rings is 1. The Morgan fingerprint density at radius 1 is 1.42 bits per heavy atom. The molecule has 5 heteroatoms. The van der Waals surface area contributed by atoms with Crippen molar-refractivity contribution in [2.24, 2.45) is 0 Å². The number of hydrogen-bond acceptors (Lipinski definition) is 3. The maximum absolute atomic E-state index is 12.5. The van der Waals surface area contributed by atoms with Gasteiger partial charge in [0.05, 0.1) is 11.4 Å². The molecule has 0 radical (unpaired) electrons. The molecule has 0 spiro atoms. The third-order valence-corrected chi connectivity index (χ3v) is 4.52. The number of allylic oxidation sites excluding steroid dienone is 1. The molecule has 130 valence electrons. The van der Waals surface area contributed by atoms with E-state index in [0.717, 1.165) is 49.3 Å². The highest BCUT2D eigenvalue weighted by molar-refractivity contribution is 5.90. The average molecular weight is 329 g/mol. The molecule has 1 aliphatic rings. The third kappa shape index (κ3) is 3.78. The first-order valence-corrected chi connectivity index (χ1v) is 8.60. The molecular weight excluding hydrogens is 302 g/mol. The third-order valence-electron chi connectivity index (χ3n) is 4.52. The molecule has 1 unspecified atom stereocenters. The predicted molar refractivity (Wildman–Crippen MR) is 98.2 cm³/mol. The van der Waals surface area contributed by atoms with Gasteiger partial charge in [-0.3, -0.25) is 9.59 Å². The lowest BCUT2D eigenvalue weighted by Crippen LogP contribution is -2.50. The largest absolute Gasteiger partial charge is 0.358 e. The summed E-state index contributed by atoms with van der Waals surface area (Å²) in [5, 5.41) is 5.67. The first-order chi connectivity index (χ1) is 11.5. The van der Waals surface area contributed by atoms with Crippen LogP contribution in [0.3, 0.4) is 0 Å². The maximum Gasteiger partial charge on any atom is 0.246 e. The molecule has 1 aromatic rings. The molecule has 0 bridgehead atoms. The Morgan fingerprint density at radius 3 is 2.75 bits per heavy atom. The van der Waals surface area contributed by atoms with Gasteiger partial charge in [0.25, 0.3) is 0 Å². The second-order valence-electron chi connectivity index (χ2n) is 6.25. The van der Waals surface area contributed by atoms with Gasteiger partial charge < -0.3 is 15.5 Å². The number of amides is 2. The number of aryl methyl sites for hydroxylation is 2. The molecular formula is C19H27N3O2. The van der Waals surface area contributed by atoms with Crippen LogP contribution in [-0.2, 0) is 16.0 Å². The van der Waals surface area contributed by atoms with Crippen molar-refractivity contribution in [3.63, 3.8) is 0 Å². The summed E-state index contributed by atoms with van der Waals surface area (Å²) in [4.78, 5) is 25.6. The average Bonchev–Trinajstić information content (AvgIpc) is 2.55. The summed E-state index contributed by atoms with van der Waals surface area (Å²) in [5.41, 5.74) is 4.81. The Bertz CT molecular complexity index is 640. The molecule has 2 amide bonds. The number of carbonyl (C=O) groups excluding carboxylic acids is 2. The van der Waals surface area contributed by atoms with Gasteiger partial charge in [-0.1, -0.05) is 20.4 Å². The quantitative estimate of drug-likeness (QED) is 0.756. The molecule has 1 heterocycles. The fourth-order valence-corrected chi connectivity index (χ4v) is 3.28. The summed E-state index contributed by atoms with van der Waals surface area (Å²) in [6.07, 6.45) is 4.02. The fraction of sp³-hybridized carbons (Fsp3) is 0.474. The SMILES string of the molecule is C=C1CCC(N(CCC)c2cc(C)c(CC)cc2NC=O)C(=O)N1. The summed E-state index contributed by atoms with van der Waals surface area (Å²) in [6, 6.07) is 3.85. The molecule has 0 saturated carbocycles. The van der Waals surface area contributed by atoms with Crippen LogP contribution in [0.1, 0.15) is 44.2 Å².